The number of aliphatic hydroxyl groups excluding tert-OH is 5. The molecule has 0 radical (unpaired) electrons. The summed E-state index contributed by atoms with van der Waals surface area (Å²) in [4.78, 5) is 12.9. The fraction of sp³-hybridized carbons (Fsp3) is 0.868. The monoisotopic (exact) mass is 878 g/mol. The van der Waals surface area contributed by atoms with E-state index >= 15 is 0 Å². The van der Waals surface area contributed by atoms with Gasteiger partial charge in [0.15, 0.2) is 6.29 Å². The maximum atomic E-state index is 12.9. The summed E-state index contributed by atoms with van der Waals surface area (Å²) in [6, 6.07) is -0.817. The van der Waals surface area contributed by atoms with Crippen LogP contribution in [-0.4, -0.2) is 87.5 Å². The summed E-state index contributed by atoms with van der Waals surface area (Å²) < 4.78 is 11.2. The molecular formula is C53H99NO8. The average molecular weight is 878 g/mol. The number of hydrogen-bond acceptors (Lipinski definition) is 8. The number of carbonyl (C=O) groups is 1. The van der Waals surface area contributed by atoms with Gasteiger partial charge in [-0.15, -0.1) is 0 Å². The first-order chi connectivity index (χ1) is 30.3. The van der Waals surface area contributed by atoms with Gasteiger partial charge in [-0.05, 0) is 51.4 Å². The smallest absolute Gasteiger partial charge is 0.220 e. The molecule has 62 heavy (non-hydrogen) atoms. The zero-order valence-corrected chi connectivity index (χ0v) is 40.1. The van der Waals surface area contributed by atoms with E-state index in [1.165, 1.54) is 173 Å². The topological polar surface area (TPSA) is 149 Å². The van der Waals surface area contributed by atoms with Crippen LogP contribution in [0.15, 0.2) is 36.5 Å². The molecule has 1 fully saturated rings. The first kappa shape index (κ1) is 58.4. The van der Waals surface area contributed by atoms with Crippen LogP contribution in [0.4, 0.5) is 0 Å². The number of allylic oxidation sites excluding steroid dienone is 5. The second-order valence-corrected chi connectivity index (χ2v) is 18.3. The van der Waals surface area contributed by atoms with Gasteiger partial charge in [-0.2, -0.15) is 0 Å². The van der Waals surface area contributed by atoms with Crippen molar-refractivity contribution < 1.29 is 39.8 Å². The number of carbonyl (C=O) groups excluding carboxylic acids is 1. The van der Waals surface area contributed by atoms with Crippen molar-refractivity contribution in [2.45, 2.75) is 281 Å². The van der Waals surface area contributed by atoms with Crippen molar-refractivity contribution in [3.05, 3.63) is 36.5 Å². The fourth-order valence-electron chi connectivity index (χ4n) is 8.21. The van der Waals surface area contributed by atoms with Crippen molar-refractivity contribution >= 4 is 5.91 Å². The summed E-state index contributed by atoms with van der Waals surface area (Å²) >= 11 is 0. The van der Waals surface area contributed by atoms with Gasteiger partial charge in [0.25, 0.3) is 0 Å². The molecule has 0 aromatic rings. The molecule has 1 saturated heterocycles. The molecule has 1 aliphatic rings. The summed E-state index contributed by atoms with van der Waals surface area (Å²) in [7, 11) is 0. The number of hydrogen-bond donors (Lipinski definition) is 6. The molecule has 0 aromatic heterocycles. The largest absolute Gasteiger partial charge is 0.394 e. The molecule has 0 saturated carbocycles. The van der Waals surface area contributed by atoms with Gasteiger partial charge in [0.05, 0.1) is 25.4 Å². The summed E-state index contributed by atoms with van der Waals surface area (Å²) in [6.07, 6.45) is 48.2. The molecule has 1 heterocycles. The second kappa shape index (κ2) is 43.3. The van der Waals surface area contributed by atoms with E-state index in [1.807, 2.05) is 6.08 Å². The minimum absolute atomic E-state index is 0.188. The molecule has 0 bridgehead atoms. The molecular weight excluding hydrogens is 779 g/mol. The van der Waals surface area contributed by atoms with Crippen LogP contribution in [0, 0.1) is 0 Å². The summed E-state index contributed by atoms with van der Waals surface area (Å²) in [6.45, 7) is 3.69. The van der Waals surface area contributed by atoms with E-state index in [4.69, 9.17) is 9.47 Å². The molecule has 7 unspecified atom stereocenters. The highest BCUT2D eigenvalue weighted by atomic mass is 16.7. The Kier molecular flexibility index (Phi) is 40.8. The Hall–Kier alpha value is -1.59. The molecule has 364 valence electrons. The third-order valence-corrected chi connectivity index (χ3v) is 12.4. The Morgan fingerprint density at radius 1 is 0.532 bits per heavy atom. The minimum atomic E-state index is -1.57. The summed E-state index contributed by atoms with van der Waals surface area (Å²) in [5.74, 6) is -0.188. The lowest BCUT2D eigenvalue weighted by Gasteiger charge is -2.40. The van der Waals surface area contributed by atoms with Crippen molar-refractivity contribution in [2.75, 3.05) is 13.2 Å². The van der Waals surface area contributed by atoms with Crippen LogP contribution in [0.25, 0.3) is 0 Å². The molecule has 9 nitrogen and oxygen atoms in total. The van der Waals surface area contributed by atoms with Crippen LogP contribution in [0.1, 0.15) is 239 Å². The van der Waals surface area contributed by atoms with Crippen LogP contribution < -0.4 is 5.32 Å². The van der Waals surface area contributed by atoms with Gasteiger partial charge in [-0.1, -0.05) is 217 Å². The summed E-state index contributed by atoms with van der Waals surface area (Å²) in [5, 5.41) is 54.0. The van der Waals surface area contributed by atoms with Gasteiger partial charge < -0.3 is 40.3 Å². The summed E-state index contributed by atoms with van der Waals surface area (Å²) in [5.41, 5.74) is 0. The number of nitrogens with one attached hydrogen (secondary N) is 1. The van der Waals surface area contributed by atoms with Crippen LogP contribution in [0.3, 0.4) is 0 Å². The second-order valence-electron chi connectivity index (χ2n) is 18.3. The predicted molar refractivity (Wildman–Crippen MR) is 258 cm³/mol. The standard InChI is InChI=1S/C53H99NO8/c1-3-5-7-9-11-13-14-15-16-17-18-19-20-21-22-23-24-25-26-27-28-29-30-31-32-33-34-35-37-39-41-43-49(57)54-46(47(56)42-40-38-36-12-10-8-6-4-2)45-61-53-52(60)51(59)50(58)48(44-55)62-53/h10,12,17-18,40,42,46-48,50-53,55-56,58-60H,3-9,11,13-16,19-39,41,43-45H2,1-2H3,(H,54,57)/b12-10+,18-17-,42-40+. The zero-order chi connectivity index (χ0) is 45.1. The normalized spacial score (nSPS) is 20.5. The van der Waals surface area contributed by atoms with Gasteiger partial charge in [0.1, 0.15) is 24.4 Å². The number of amides is 1. The average Bonchev–Trinajstić information content (AvgIpc) is 3.27. The van der Waals surface area contributed by atoms with E-state index in [0.29, 0.717) is 6.42 Å². The lowest BCUT2D eigenvalue weighted by molar-refractivity contribution is -0.302. The molecule has 1 amide bonds. The van der Waals surface area contributed by atoms with E-state index < -0.39 is 49.5 Å². The van der Waals surface area contributed by atoms with E-state index in [-0.39, 0.29) is 12.5 Å². The number of aliphatic hydroxyl groups is 5. The van der Waals surface area contributed by atoms with Crippen molar-refractivity contribution in [2.24, 2.45) is 0 Å². The van der Waals surface area contributed by atoms with Crippen molar-refractivity contribution in [1.82, 2.24) is 5.32 Å². The predicted octanol–water partition coefficient (Wildman–Crippen LogP) is 12.0. The van der Waals surface area contributed by atoms with Crippen LogP contribution in [-0.2, 0) is 14.3 Å². The van der Waals surface area contributed by atoms with Crippen LogP contribution in [0.2, 0.25) is 0 Å². The van der Waals surface area contributed by atoms with Crippen LogP contribution in [0.5, 0.6) is 0 Å². The van der Waals surface area contributed by atoms with E-state index in [0.717, 1.165) is 44.9 Å². The highest BCUT2D eigenvalue weighted by Gasteiger charge is 2.44. The number of unbranched alkanes of at least 4 members (excludes halogenated alkanes) is 30. The van der Waals surface area contributed by atoms with E-state index in [9.17, 15) is 30.3 Å². The van der Waals surface area contributed by atoms with Gasteiger partial charge in [-0.3, -0.25) is 4.79 Å². The third kappa shape index (κ3) is 33.0. The van der Waals surface area contributed by atoms with E-state index in [2.05, 4.69) is 43.5 Å². The van der Waals surface area contributed by atoms with Crippen LogP contribution >= 0.6 is 0 Å². The Bertz CT molecular complexity index is 1070. The van der Waals surface area contributed by atoms with Gasteiger partial charge in [-0.25, -0.2) is 0 Å². The lowest BCUT2D eigenvalue weighted by Crippen LogP contribution is -2.60. The number of rotatable bonds is 44. The minimum Gasteiger partial charge on any atom is -0.394 e. The molecule has 1 rings (SSSR count). The molecule has 7 atom stereocenters. The molecule has 0 aromatic carbocycles. The lowest BCUT2D eigenvalue weighted by atomic mass is 9.99. The fourth-order valence-corrected chi connectivity index (χ4v) is 8.21. The molecule has 0 spiro atoms. The van der Waals surface area contributed by atoms with E-state index in [1.54, 1.807) is 6.08 Å². The van der Waals surface area contributed by atoms with Crippen molar-refractivity contribution in [3.63, 3.8) is 0 Å². The first-order valence-electron chi connectivity index (χ1n) is 26.2. The highest BCUT2D eigenvalue weighted by molar-refractivity contribution is 5.76. The molecule has 0 aliphatic carbocycles. The Balaban J connectivity index is 2.08. The highest BCUT2D eigenvalue weighted by Crippen LogP contribution is 2.23. The number of ether oxygens (including phenoxy) is 2. The van der Waals surface area contributed by atoms with Gasteiger partial charge in [0.2, 0.25) is 5.91 Å². The quantitative estimate of drug-likeness (QED) is 0.0262. The van der Waals surface area contributed by atoms with Crippen molar-refractivity contribution in [1.29, 1.82) is 0 Å². The molecule has 1 aliphatic heterocycles. The zero-order valence-electron chi connectivity index (χ0n) is 40.1. The van der Waals surface area contributed by atoms with Crippen molar-refractivity contribution in [3.8, 4) is 0 Å². The SMILES string of the molecule is CCCC/C=C/CC/C=C/C(O)C(COC1OC(CO)C(O)C(O)C1O)NC(=O)CCCCCCCCCCCCCCCCCCCCC/C=C\CCCCCCCCCC. The Morgan fingerprint density at radius 2 is 0.935 bits per heavy atom. The maximum absolute atomic E-state index is 12.9. The molecule has 9 heteroatoms. The molecule has 6 N–H and O–H groups in total. The first-order valence-corrected chi connectivity index (χ1v) is 26.2. The Morgan fingerprint density at radius 3 is 1.40 bits per heavy atom. The Labute approximate surface area is 381 Å². The van der Waals surface area contributed by atoms with Gasteiger partial charge >= 0.3 is 0 Å². The third-order valence-electron chi connectivity index (χ3n) is 12.4. The van der Waals surface area contributed by atoms with Gasteiger partial charge in [0, 0.05) is 6.42 Å². The maximum Gasteiger partial charge on any atom is 0.220 e.